The Balaban J connectivity index is 1.61. The third kappa shape index (κ3) is 4.77. The molecule has 0 spiro atoms. The Hall–Kier alpha value is -0.610. The Morgan fingerprint density at radius 3 is 2.84 bits per heavy atom. The van der Waals surface area contributed by atoms with Crippen molar-refractivity contribution in [2.45, 2.75) is 51.5 Å². The number of carbonyl (C=O) groups excluding carboxylic acids is 1. The average Bonchev–Trinajstić information content (AvgIpc) is 2.48. The molecule has 1 heterocycles. The molecule has 2 unspecified atom stereocenters. The topological polar surface area (TPSA) is 41.6 Å². The molecule has 1 N–H and O–H groups in total. The summed E-state index contributed by atoms with van der Waals surface area (Å²) < 4.78 is 5.26. The molecule has 0 bridgehead atoms. The van der Waals surface area contributed by atoms with E-state index in [1.54, 1.807) is 0 Å². The van der Waals surface area contributed by atoms with Gasteiger partial charge in [0.05, 0.1) is 13.2 Å². The first-order valence-corrected chi connectivity index (χ1v) is 7.88. The maximum absolute atomic E-state index is 12.0. The average molecular weight is 268 g/mol. The lowest BCUT2D eigenvalue weighted by Crippen LogP contribution is -2.42. The molecule has 4 nitrogen and oxygen atoms in total. The lowest BCUT2D eigenvalue weighted by molar-refractivity contribution is -0.135. The van der Waals surface area contributed by atoms with Gasteiger partial charge in [-0.2, -0.15) is 0 Å². The Morgan fingerprint density at radius 1 is 1.32 bits per heavy atom. The number of rotatable bonds is 5. The highest BCUT2D eigenvalue weighted by Gasteiger charge is 2.21. The normalized spacial score (nSPS) is 28.4. The molecule has 1 aliphatic heterocycles. The summed E-state index contributed by atoms with van der Waals surface area (Å²) in [5.41, 5.74) is 0. The van der Waals surface area contributed by atoms with E-state index in [1.807, 2.05) is 4.90 Å². The molecule has 0 aromatic rings. The highest BCUT2D eigenvalue weighted by Crippen LogP contribution is 2.26. The summed E-state index contributed by atoms with van der Waals surface area (Å²) in [5, 5.41) is 3.58. The third-order valence-corrected chi connectivity index (χ3v) is 4.50. The molecule has 1 aliphatic carbocycles. The van der Waals surface area contributed by atoms with Crippen LogP contribution in [0.3, 0.4) is 0 Å². The summed E-state index contributed by atoms with van der Waals surface area (Å²) in [6, 6.07) is 0.635. The van der Waals surface area contributed by atoms with Crippen molar-refractivity contribution in [1.82, 2.24) is 10.2 Å². The van der Waals surface area contributed by atoms with Gasteiger partial charge in [-0.25, -0.2) is 0 Å². The second kappa shape index (κ2) is 7.85. The second-order valence-electron chi connectivity index (χ2n) is 5.84. The summed E-state index contributed by atoms with van der Waals surface area (Å²) in [6.07, 6.45) is 7.23. The number of amides is 1. The van der Waals surface area contributed by atoms with E-state index in [2.05, 4.69) is 12.2 Å². The van der Waals surface area contributed by atoms with E-state index in [9.17, 15) is 4.79 Å². The summed E-state index contributed by atoms with van der Waals surface area (Å²) in [6.45, 7) is 6.03. The van der Waals surface area contributed by atoms with Gasteiger partial charge in [0.25, 0.3) is 0 Å². The summed E-state index contributed by atoms with van der Waals surface area (Å²) in [4.78, 5) is 13.9. The van der Waals surface area contributed by atoms with Crippen LogP contribution in [0.4, 0.5) is 0 Å². The van der Waals surface area contributed by atoms with E-state index in [4.69, 9.17) is 4.74 Å². The Morgan fingerprint density at radius 2 is 2.11 bits per heavy atom. The molecule has 1 saturated carbocycles. The van der Waals surface area contributed by atoms with Gasteiger partial charge >= 0.3 is 0 Å². The molecule has 2 rings (SSSR count). The van der Waals surface area contributed by atoms with Gasteiger partial charge in [-0.1, -0.05) is 26.2 Å². The molecule has 1 saturated heterocycles. The van der Waals surface area contributed by atoms with Crippen LogP contribution >= 0.6 is 0 Å². The van der Waals surface area contributed by atoms with Crippen molar-refractivity contribution in [3.05, 3.63) is 0 Å². The fourth-order valence-electron chi connectivity index (χ4n) is 3.20. The Bertz CT molecular complexity index is 277. The van der Waals surface area contributed by atoms with Gasteiger partial charge in [0.2, 0.25) is 5.91 Å². The quantitative estimate of drug-likeness (QED) is 0.826. The third-order valence-electron chi connectivity index (χ3n) is 4.50. The predicted molar refractivity (Wildman–Crippen MR) is 76.1 cm³/mol. The standard InChI is InChI=1S/C15H28N2O2/c1-2-13-4-3-5-14(12-13)16-7-6-15(18)17-8-10-19-11-9-17/h13-14,16H,2-12H2,1H3. The minimum atomic E-state index is 0.277. The van der Waals surface area contributed by atoms with Gasteiger partial charge in [-0.05, 0) is 18.8 Å². The summed E-state index contributed by atoms with van der Waals surface area (Å²) in [5.74, 6) is 1.17. The number of morpholine rings is 1. The molecule has 2 atom stereocenters. The maximum Gasteiger partial charge on any atom is 0.224 e. The zero-order valence-electron chi connectivity index (χ0n) is 12.2. The minimum Gasteiger partial charge on any atom is -0.378 e. The summed E-state index contributed by atoms with van der Waals surface area (Å²) in [7, 11) is 0. The van der Waals surface area contributed by atoms with Crippen molar-refractivity contribution in [2.24, 2.45) is 5.92 Å². The molecule has 2 aliphatic rings. The van der Waals surface area contributed by atoms with Gasteiger partial charge < -0.3 is 15.0 Å². The molecule has 0 aromatic heterocycles. The van der Waals surface area contributed by atoms with Crippen LogP contribution in [-0.4, -0.2) is 49.7 Å². The minimum absolute atomic E-state index is 0.277. The fourth-order valence-corrected chi connectivity index (χ4v) is 3.20. The number of ether oxygens (including phenoxy) is 1. The number of hydrogen-bond donors (Lipinski definition) is 1. The zero-order chi connectivity index (χ0) is 13.5. The molecular weight excluding hydrogens is 240 g/mol. The van der Waals surface area contributed by atoms with Crippen molar-refractivity contribution in [3.8, 4) is 0 Å². The van der Waals surface area contributed by atoms with Crippen LogP contribution < -0.4 is 5.32 Å². The zero-order valence-corrected chi connectivity index (χ0v) is 12.2. The SMILES string of the molecule is CCC1CCCC(NCCC(=O)N2CCOCC2)C1. The highest BCUT2D eigenvalue weighted by atomic mass is 16.5. The lowest BCUT2D eigenvalue weighted by atomic mass is 9.84. The van der Waals surface area contributed by atoms with Gasteiger partial charge in [0, 0.05) is 32.1 Å². The molecule has 0 aromatic carbocycles. The van der Waals surface area contributed by atoms with Crippen LogP contribution in [0.25, 0.3) is 0 Å². The smallest absolute Gasteiger partial charge is 0.224 e. The Kier molecular flexibility index (Phi) is 6.11. The molecule has 2 fully saturated rings. The van der Waals surface area contributed by atoms with E-state index < -0.39 is 0 Å². The maximum atomic E-state index is 12.0. The molecule has 19 heavy (non-hydrogen) atoms. The van der Waals surface area contributed by atoms with Crippen molar-refractivity contribution < 1.29 is 9.53 Å². The second-order valence-corrected chi connectivity index (χ2v) is 5.84. The molecular formula is C15H28N2O2. The molecule has 0 radical (unpaired) electrons. The number of nitrogens with one attached hydrogen (secondary N) is 1. The van der Waals surface area contributed by atoms with E-state index in [0.717, 1.165) is 25.6 Å². The van der Waals surface area contributed by atoms with Gasteiger partial charge in [-0.15, -0.1) is 0 Å². The van der Waals surface area contributed by atoms with Gasteiger partial charge in [-0.3, -0.25) is 4.79 Å². The van der Waals surface area contributed by atoms with Crippen molar-refractivity contribution in [1.29, 1.82) is 0 Å². The van der Waals surface area contributed by atoms with Crippen molar-refractivity contribution in [2.75, 3.05) is 32.8 Å². The van der Waals surface area contributed by atoms with Crippen LogP contribution in [0, 0.1) is 5.92 Å². The van der Waals surface area contributed by atoms with Gasteiger partial charge in [0.15, 0.2) is 0 Å². The lowest BCUT2D eigenvalue weighted by Gasteiger charge is -2.30. The number of carbonyl (C=O) groups is 1. The molecule has 110 valence electrons. The van der Waals surface area contributed by atoms with E-state index >= 15 is 0 Å². The predicted octanol–water partition coefficient (Wildman–Crippen LogP) is 1.79. The largest absolute Gasteiger partial charge is 0.378 e. The monoisotopic (exact) mass is 268 g/mol. The molecule has 1 amide bonds. The van der Waals surface area contributed by atoms with E-state index in [1.165, 1.54) is 32.1 Å². The van der Waals surface area contributed by atoms with Crippen LogP contribution in [-0.2, 0) is 9.53 Å². The first kappa shape index (κ1) is 14.8. The Labute approximate surface area is 116 Å². The van der Waals surface area contributed by atoms with Crippen LogP contribution in [0.1, 0.15) is 45.4 Å². The van der Waals surface area contributed by atoms with Crippen molar-refractivity contribution in [3.63, 3.8) is 0 Å². The molecule has 4 heteroatoms. The number of nitrogens with zero attached hydrogens (tertiary/aromatic N) is 1. The van der Waals surface area contributed by atoms with E-state index in [-0.39, 0.29) is 5.91 Å². The van der Waals surface area contributed by atoms with E-state index in [0.29, 0.717) is 25.7 Å². The first-order chi connectivity index (χ1) is 9.29. The summed E-state index contributed by atoms with van der Waals surface area (Å²) >= 11 is 0. The van der Waals surface area contributed by atoms with Crippen molar-refractivity contribution >= 4 is 5.91 Å². The highest BCUT2D eigenvalue weighted by molar-refractivity contribution is 5.76. The fraction of sp³-hybridized carbons (Fsp3) is 0.933. The van der Waals surface area contributed by atoms with Crippen LogP contribution in [0.2, 0.25) is 0 Å². The van der Waals surface area contributed by atoms with Gasteiger partial charge in [0.1, 0.15) is 0 Å². The first-order valence-electron chi connectivity index (χ1n) is 7.88. The number of hydrogen-bond acceptors (Lipinski definition) is 3. The van der Waals surface area contributed by atoms with Crippen LogP contribution in [0.15, 0.2) is 0 Å². The van der Waals surface area contributed by atoms with Crippen LogP contribution in [0.5, 0.6) is 0 Å².